The molecule has 3 heteroatoms. The van der Waals surface area contributed by atoms with E-state index in [1.54, 1.807) is 25.2 Å². The summed E-state index contributed by atoms with van der Waals surface area (Å²) in [5, 5.41) is 2.92. The first kappa shape index (κ1) is 12.7. The lowest BCUT2D eigenvalue weighted by Gasteiger charge is -2.09. The quantitative estimate of drug-likeness (QED) is 0.872. The molecule has 0 bridgehead atoms. The number of hydrogen-bond acceptors (Lipinski definition) is 1. The second kappa shape index (κ2) is 5.27. The zero-order valence-electron chi connectivity index (χ0n) is 10.4. The number of benzene rings is 2. The van der Waals surface area contributed by atoms with Crippen molar-refractivity contribution in [3.8, 4) is 11.1 Å². The van der Waals surface area contributed by atoms with Gasteiger partial charge in [-0.3, -0.25) is 0 Å². The van der Waals surface area contributed by atoms with E-state index >= 15 is 0 Å². The summed E-state index contributed by atoms with van der Waals surface area (Å²) in [4.78, 5) is 0. The van der Waals surface area contributed by atoms with Crippen LogP contribution in [0.1, 0.15) is 11.1 Å². The lowest BCUT2D eigenvalue weighted by Crippen LogP contribution is -2.07. The van der Waals surface area contributed by atoms with E-state index in [0.29, 0.717) is 12.1 Å². The van der Waals surface area contributed by atoms with Crippen molar-refractivity contribution in [3.63, 3.8) is 0 Å². The number of hydrogen-bond donors (Lipinski definition) is 1. The first-order valence-corrected chi connectivity index (χ1v) is 5.81. The molecule has 0 aliphatic heterocycles. The van der Waals surface area contributed by atoms with Crippen LogP contribution in [0.15, 0.2) is 36.4 Å². The molecule has 0 saturated carbocycles. The second-order valence-electron chi connectivity index (χ2n) is 4.30. The molecule has 0 aromatic heterocycles. The molecule has 0 aliphatic carbocycles. The van der Waals surface area contributed by atoms with Gasteiger partial charge in [-0.05, 0) is 54.9 Å². The molecular weight excluding hydrogens is 232 g/mol. The fourth-order valence-corrected chi connectivity index (χ4v) is 1.97. The Hall–Kier alpha value is -1.74. The maximum absolute atomic E-state index is 13.5. The van der Waals surface area contributed by atoms with Crippen LogP contribution >= 0.6 is 0 Å². The molecule has 0 radical (unpaired) electrons. The fraction of sp³-hybridized carbons (Fsp3) is 0.200. The summed E-state index contributed by atoms with van der Waals surface area (Å²) in [7, 11) is 1.76. The van der Waals surface area contributed by atoms with Gasteiger partial charge in [0.1, 0.15) is 11.6 Å². The van der Waals surface area contributed by atoms with E-state index < -0.39 is 0 Å². The Morgan fingerprint density at radius 3 is 2.56 bits per heavy atom. The summed E-state index contributed by atoms with van der Waals surface area (Å²) in [6.45, 7) is 2.36. The lowest BCUT2D eigenvalue weighted by atomic mass is 9.98. The number of nitrogens with one attached hydrogen (secondary N) is 1. The summed E-state index contributed by atoms with van der Waals surface area (Å²) in [6, 6.07) is 9.49. The lowest BCUT2D eigenvalue weighted by molar-refractivity contribution is 0.601. The Morgan fingerprint density at radius 1 is 1.06 bits per heavy atom. The van der Waals surface area contributed by atoms with Crippen LogP contribution in [0.5, 0.6) is 0 Å². The molecule has 0 unspecified atom stereocenters. The van der Waals surface area contributed by atoms with E-state index in [0.717, 1.165) is 16.7 Å². The Kier molecular flexibility index (Phi) is 3.72. The molecule has 0 spiro atoms. The minimum absolute atomic E-state index is 0.248. The molecule has 0 aliphatic rings. The van der Waals surface area contributed by atoms with Crippen molar-refractivity contribution in [2.45, 2.75) is 13.5 Å². The van der Waals surface area contributed by atoms with E-state index in [-0.39, 0.29) is 11.6 Å². The maximum atomic E-state index is 13.5. The highest BCUT2D eigenvalue weighted by molar-refractivity contribution is 5.67. The third-order valence-corrected chi connectivity index (χ3v) is 2.92. The summed E-state index contributed by atoms with van der Waals surface area (Å²) in [5.41, 5.74) is 3.18. The van der Waals surface area contributed by atoms with E-state index in [4.69, 9.17) is 0 Å². The topological polar surface area (TPSA) is 12.0 Å². The highest BCUT2D eigenvalue weighted by atomic mass is 19.1. The number of rotatable bonds is 3. The number of aryl methyl sites for hydroxylation is 1. The maximum Gasteiger partial charge on any atom is 0.127 e. The van der Waals surface area contributed by atoms with E-state index in [9.17, 15) is 8.78 Å². The molecule has 2 aromatic rings. The molecule has 0 saturated heterocycles. The average Bonchev–Trinajstić information content (AvgIpc) is 2.35. The summed E-state index contributed by atoms with van der Waals surface area (Å²) >= 11 is 0. The van der Waals surface area contributed by atoms with Gasteiger partial charge in [0.15, 0.2) is 0 Å². The molecule has 94 valence electrons. The summed E-state index contributed by atoms with van der Waals surface area (Å²) < 4.78 is 26.8. The third kappa shape index (κ3) is 2.57. The van der Waals surface area contributed by atoms with Crippen LogP contribution in [0.3, 0.4) is 0 Å². The molecule has 0 heterocycles. The summed E-state index contributed by atoms with van der Waals surface area (Å²) in [6.07, 6.45) is 0. The van der Waals surface area contributed by atoms with Crippen LogP contribution in [0, 0.1) is 18.6 Å². The predicted molar refractivity (Wildman–Crippen MR) is 69.3 cm³/mol. The van der Waals surface area contributed by atoms with E-state index in [1.165, 1.54) is 18.2 Å². The van der Waals surface area contributed by atoms with Crippen LogP contribution in [0.25, 0.3) is 11.1 Å². The molecule has 0 atom stereocenters. The second-order valence-corrected chi connectivity index (χ2v) is 4.30. The number of halogens is 2. The van der Waals surface area contributed by atoms with Crippen molar-refractivity contribution in [1.82, 2.24) is 5.32 Å². The zero-order valence-corrected chi connectivity index (χ0v) is 10.4. The van der Waals surface area contributed by atoms with Gasteiger partial charge in [0, 0.05) is 12.1 Å². The van der Waals surface area contributed by atoms with Crippen molar-refractivity contribution in [2.75, 3.05) is 7.05 Å². The largest absolute Gasteiger partial charge is 0.316 e. The predicted octanol–water partition coefficient (Wildman–Crippen LogP) is 3.66. The van der Waals surface area contributed by atoms with Gasteiger partial charge in [0.2, 0.25) is 0 Å². The van der Waals surface area contributed by atoms with Crippen LogP contribution in [-0.2, 0) is 6.54 Å². The Balaban J connectivity index is 2.50. The van der Waals surface area contributed by atoms with Crippen LogP contribution in [0.2, 0.25) is 0 Å². The molecule has 1 N–H and O–H groups in total. The molecule has 2 rings (SSSR count). The monoisotopic (exact) mass is 247 g/mol. The molecule has 0 fully saturated rings. The van der Waals surface area contributed by atoms with E-state index in [1.807, 2.05) is 6.92 Å². The van der Waals surface area contributed by atoms with Gasteiger partial charge < -0.3 is 5.32 Å². The standard InChI is InChI=1S/C15H15F2N/c1-10-3-5-13(16)8-14(10)11-4-6-15(17)12(7-11)9-18-2/h3-8,18H,9H2,1-2H3. The van der Waals surface area contributed by atoms with E-state index in [2.05, 4.69) is 5.32 Å². The van der Waals surface area contributed by atoms with Gasteiger partial charge in [0.05, 0.1) is 0 Å². The van der Waals surface area contributed by atoms with Crippen molar-refractivity contribution in [2.24, 2.45) is 0 Å². The molecule has 2 aromatic carbocycles. The van der Waals surface area contributed by atoms with Crippen molar-refractivity contribution in [1.29, 1.82) is 0 Å². The zero-order chi connectivity index (χ0) is 13.1. The first-order valence-electron chi connectivity index (χ1n) is 5.81. The van der Waals surface area contributed by atoms with Gasteiger partial charge in [-0.1, -0.05) is 12.1 Å². The van der Waals surface area contributed by atoms with Gasteiger partial charge in [-0.2, -0.15) is 0 Å². The average molecular weight is 247 g/mol. The molecular formula is C15H15F2N. The fourth-order valence-electron chi connectivity index (χ4n) is 1.97. The Morgan fingerprint density at radius 2 is 1.83 bits per heavy atom. The van der Waals surface area contributed by atoms with Crippen molar-refractivity contribution < 1.29 is 8.78 Å². The first-order chi connectivity index (χ1) is 8.61. The minimum atomic E-state index is -0.282. The van der Waals surface area contributed by atoms with Gasteiger partial charge in [-0.15, -0.1) is 0 Å². The third-order valence-electron chi connectivity index (χ3n) is 2.92. The smallest absolute Gasteiger partial charge is 0.127 e. The van der Waals surface area contributed by atoms with Crippen LogP contribution in [0.4, 0.5) is 8.78 Å². The minimum Gasteiger partial charge on any atom is -0.316 e. The molecule has 1 nitrogen and oxygen atoms in total. The highest BCUT2D eigenvalue weighted by Gasteiger charge is 2.07. The van der Waals surface area contributed by atoms with Crippen LogP contribution in [-0.4, -0.2) is 7.05 Å². The van der Waals surface area contributed by atoms with Crippen molar-refractivity contribution >= 4 is 0 Å². The Labute approximate surface area is 105 Å². The molecule has 18 heavy (non-hydrogen) atoms. The molecule has 0 amide bonds. The highest BCUT2D eigenvalue weighted by Crippen LogP contribution is 2.26. The van der Waals surface area contributed by atoms with Gasteiger partial charge in [0.25, 0.3) is 0 Å². The SMILES string of the molecule is CNCc1cc(-c2cc(F)ccc2C)ccc1F. The summed E-state index contributed by atoms with van der Waals surface area (Å²) in [5.74, 6) is -0.530. The van der Waals surface area contributed by atoms with Crippen molar-refractivity contribution in [3.05, 3.63) is 59.2 Å². The Bertz CT molecular complexity index is 564. The van der Waals surface area contributed by atoms with Crippen LogP contribution < -0.4 is 5.32 Å². The van der Waals surface area contributed by atoms with Gasteiger partial charge >= 0.3 is 0 Å². The van der Waals surface area contributed by atoms with Gasteiger partial charge in [-0.25, -0.2) is 8.78 Å². The normalized spacial score (nSPS) is 10.7.